The molecule has 1 atom stereocenters. The maximum Gasteiger partial charge on any atom is 0.235 e. The zero-order valence-electron chi connectivity index (χ0n) is 11.2. The van der Waals surface area contributed by atoms with Gasteiger partial charge in [-0.05, 0) is 27.7 Å². The summed E-state index contributed by atoms with van der Waals surface area (Å²) in [5.74, 6) is 0.672. The van der Waals surface area contributed by atoms with Crippen LogP contribution in [0.15, 0.2) is 0 Å². The number of rotatable bonds is 4. The summed E-state index contributed by atoms with van der Waals surface area (Å²) in [6.45, 7) is 12.8. The molecular weight excluding hydrogens is 204 g/mol. The highest BCUT2D eigenvalue weighted by atomic mass is 16.5. The van der Waals surface area contributed by atoms with Crippen molar-refractivity contribution >= 4 is 0 Å². The van der Waals surface area contributed by atoms with E-state index >= 15 is 0 Å². The van der Waals surface area contributed by atoms with Gasteiger partial charge in [-0.2, -0.15) is 0 Å². The lowest BCUT2D eigenvalue weighted by molar-refractivity contribution is 0.166. The van der Waals surface area contributed by atoms with Crippen molar-refractivity contribution in [3.63, 3.8) is 0 Å². The molecule has 16 heavy (non-hydrogen) atoms. The Bertz CT molecular complexity index is 306. The first-order valence-electron chi connectivity index (χ1n) is 5.91. The van der Waals surface area contributed by atoms with Gasteiger partial charge in [0.1, 0.15) is 0 Å². The highest BCUT2D eigenvalue weighted by Crippen LogP contribution is 2.19. The second-order valence-corrected chi connectivity index (χ2v) is 3.48. The van der Waals surface area contributed by atoms with Crippen molar-refractivity contribution in [3.8, 4) is 5.88 Å². The average Bonchev–Trinajstić information content (AvgIpc) is 2.50. The third kappa shape index (κ3) is 3.85. The van der Waals surface area contributed by atoms with Crippen LogP contribution >= 0.6 is 0 Å². The molecule has 1 heterocycles. The molecule has 0 spiro atoms. The number of nitrogens with zero attached hydrogens (tertiary/aromatic N) is 2. The molecule has 0 unspecified atom stereocenters. The predicted octanol–water partition coefficient (Wildman–Crippen LogP) is 2.31. The molecule has 94 valence electrons. The lowest BCUT2D eigenvalue weighted by Gasteiger charge is -2.05. The van der Waals surface area contributed by atoms with Crippen molar-refractivity contribution in [1.82, 2.24) is 9.78 Å². The Morgan fingerprint density at radius 2 is 1.94 bits per heavy atom. The van der Waals surface area contributed by atoms with E-state index in [9.17, 15) is 5.11 Å². The van der Waals surface area contributed by atoms with Crippen molar-refractivity contribution < 1.29 is 9.84 Å². The molecule has 1 N–H and O–H groups in total. The maximum atomic E-state index is 9.26. The van der Waals surface area contributed by atoms with Gasteiger partial charge in [0.2, 0.25) is 5.88 Å². The number of ether oxygens (including phenoxy) is 1. The first kappa shape index (κ1) is 15.0. The lowest BCUT2D eigenvalue weighted by Crippen LogP contribution is -2.14. The second kappa shape index (κ2) is 7.28. The second-order valence-electron chi connectivity index (χ2n) is 3.48. The normalized spacial score (nSPS) is 11.7. The molecule has 0 bridgehead atoms. The number of aliphatic hydroxyl groups is 1. The molecule has 0 saturated heterocycles. The summed E-state index contributed by atoms with van der Waals surface area (Å²) in [5.41, 5.74) is 2.10. The summed E-state index contributed by atoms with van der Waals surface area (Å²) in [7, 11) is 0. The molecule has 0 aliphatic heterocycles. The van der Waals surface area contributed by atoms with Gasteiger partial charge in [-0.15, -0.1) is 5.10 Å². The molecule has 4 heteroatoms. The van der Waals surface area contributed by atoms with Crippen LogP contribution in [0, 0.1) is 13.8 Å². The van der Waals surface area contributed by atoms with Crippen LogP contribution < -0.4 is 4.74 Å². The zero-order chi connectivity index (χ0) is 12.7. The van der Waals surface area contributed by atoms with E-state index < -0.39 is 0 Å². The zero-order valence-corrected chi connectivity index (χ0v) is 11.2. The Hall–Kier alpha value is -1.03. The van der Waals surface area contributed by atoms with Gasteiger partial charge < -0.3 is 9.84 Å². The van der Waals surface area contributed by atoms with E-state index in [0.717, 1.165) is 11.3 Å². The smallest absolute Gasteiger partial charge is 0.235 e. The maximum absolute atomic E-state index is 9.26. The van der Waals surface area contributed by atoms with Crippen LogP contribution in [0.25, 0.3) is 0 Å². The standard InChI is InChI=1S/C10H18N2O2.C2H6/c1-5-14-10-8(3)9(4)12(11-10)6-7(2)13;1-2/h7,13H,5-6H2,1-4H3;1-2H3/t7-;/m1./s1. The van der Waals surface area contributed by atoms with Gasteiger partial charge in [0.15, 0.2) is 0 Å². The molecule has 1 aromatic heterocycles. The Labute approximate surface area is 98.2 Å². The molecule has 0 aliphatic carbocycles. The summed E-state index contributed by atoms with van der Waals surface area (Å²) >= 11 is 0. The van der Waals surface area contributed by atoms with Gasteiger partial charge in [-0.1, -0.05) is 13.8 Å². The summed E-state index contributed by atoms with van der Waals surface area (Å²) in [6, 6.07) is 0. The Balaban J connectivity index is 0.00000106. The van der Waals surface area contributed by atoms with Crippen LogP contribution in [0.5, 0.6) is 5.88 Å². The monoisotopic (exact) mass is 228 g/mol. The molecule has 0 saturated carbocycles. The quantitative estimate of drug-likeness (QED) is 0.860. The van der Waals surface area contributed by atoms with Crippen LogP contribution in [0.1, 0.15) is 39.0 Å². The fourth-order valence-electron chi connectivity index (χ4n) is 1.31. The fraction of sp³-hybridized carbons (Fsp3) is 0.750. The molecule has 1 aromatic rings. The van der Waals surface area contributed by atoms with Crippen LogP contribution in [0.3, 0.4) is 0 Å². The first-order chi connectivity index (χ1) is 7.56. The molecule has 0 radical (unpaired) electrons. The first-order valence-corrected chi connectivity index (χ1v) is 5.91. The minimum Gasteiger partial charge on any atom is -0.477 e. The van der Waals surface area contributed by atoms with E-state index in [4.69, 9.17) is 4.74 Å². The van der Waals surface area contributed by atoms with Crippen molar-refractivity contribution in [1.29, 1.82) is 0 Å². The van der Waals surface area contributed by atoms with Crippen LogP contribution in [0.4, 0.5) is 0 Å². The van der Waals surface area contributed by atoms with E-state index in [0.29, 0.717) is 19.0 Å². The molecule has 4 nitrogen and oxygen atoms in total. The van der Waals surface area contributed by atoms with E-state index in [1.807, 2.05) is 34.6 Å². The van der Waals surface area contributed by atoms with Crippen molar-refractivity contribution in [2.24, 2.45) is 0 Å². The largest absolute Gasteiger partial charge is 0.477 e. The van der Waals surface area contributed by atoms with Crippen molar-refractivity contribution in [2.45, 2.75) is 54.2 Å². The summed E-state index contributed by atoms with van der Waals surface area (Å²) < 4.78 is 7.15. The Morgan fingerprint density at radius 1 is 1.38 bits per heavy atom. The Kier molecular flexibility index (Phi) is 6.81. The third-order valence-corrected chi connectivity index (χ3v) is 2.18. The van der Waals surface area contributed by atoms with E-state index in [-0.39, 0.29) is 6.10 Å². The molecular formula is C12H24N2O2. The number of hydrogen-bond donors (Lipinski definition) is 1. The van der Waals surface area contributed by atoms with Gasteiger partial charge in [-0.3, -0.25) is 4.68 Å². The highest BCUT2D eigenvalue weighted by Gasteiger charge is 2.12. The van der Waals surface area contributed by atoms with E-state index in [1.54, 1.807) is 11.6 Å². The predicted molar refractivity (Wildman–Crippen MR) is 65.9 cm³/mol. The third-order valence-electron chi connectivity index (χ3n) is 2.18. The number of aliphatic hydroxyl groups excluding tert-OH is 1. The van der Waals surface area contributed by atoms with Gasteiger partial charge in [-0.25, -0.2) is 0 Å². The van der Waals surface area contributed by atoms with Gasteiger partial charge in [0, 0.05) is 11.3 Å². The summed E-state index contributed by atoms with van der Waals surface area (Å²) in [5, 5.41) is 13.5. The van der Waals surface area contributed by atoms with E-state index in [1.165, 1.54) is 0 Å². The van der Waals surface area contributed by atoms with Crippen LogP contribution in [0.2, 0.25) is 0 Å². The van der Waals surface area contributed by atoms with Crippen LogP contribution in [-0.2, 0) is 6.54 Å². The van der Waals surface area contributed by atoms with Crippen molar-refractivity contribution in [2.75, 3.05) is 6.61 Å². The molecule has 0 aromatic carbocycles. The molecule has 0 aliphatic rings. The molecule has 0 fully saturated rings. The topological polar surface area (TPSA) is 47.3 Å². The van der Waals surface area contributed by atoms with Gasteiger partial charge >= 0.3 is 0 Å². The van der Waals surface area contributed by atoms with Gasteiger partial charge in [0.05, 0.1) is 19.3 Å². The van der Waals surface area contributed by atoms with Gasteiger partial charge in [0.25, 0.3) is 0 Å². The van der Waals surface area contributed by atoms with E-state index in [2.05, 4.69) is 5.10 Å². The summed E-state index contributed by atoms with van der Waals surface area (Å²) in [6.07, 6.45) is -0.387. The average molecular weight is 228 g/mol. The highest BCUT2D eigenvalue weighted by molar-refractivity contribution is 5.28. The summed E-state index contributed by atoms with van der Waals surface area (Å²) in [4.78, 5) is 0. The van der Waals surface area contributed by atoms with Crippen molar-refractivity contribution in [3.05, 3.63) is 11.3 Å². The SMILES string of the molecule is CC.CCOc1nn(C[C@@H](C)O)c(C)c1C. The minimum atomic E-state index is -0.387. The number of hydrogen-bond acceptors (Lipinski definition) is 3. The number of aromatic nitrogens is 2. The molecule has 0 amide bonds. The lowest BCUT2D eigenvalue weighted by atomic mass is 10.3. The Morgan fingerprint density at radius 3 is 2.38 bits per heavy atom. The van der Waals surface area contributed by atoms with Crippen LogP contribution in [-0.4, -0.2) is 27.6 Å². The molecule has 1 rings (SSSR count). The fourth-order valence-corrected chi connectivity index (χ4v) is 1.31. The minimum absolute atomic E-state index is 0.387.